The van der Waals surface area contributed by atoms with E-state index in [9.17, 15) is 0 Å². The Kier molecular flexibility index (Phi) is 1.94. The van der Waals surface area contributed by atoms with Crippen LogP contribution >= 0.6 is 0 Å². The minimum absolute atomic E-state index is 0.140. The second-order valence-electron chi connectivity index (χ2n) is 3.34. The molecule has 1 aliphatic rings. The maximum atomic E-state index is 8.88. The third kappa shape index (κ3) is 1.28. The molecule has 70 valence electrons. The van der Waals surface area contributed by atoms with Gasteiger partial charge in [-0.3, -0.25) is 15.4 Å². The molecule has 1 heterocycles. The van der Waals surface area contributed by atoms with Gasteiger partial charge in [-0.2, -0.15) is 0 Å². The van der Waals surface area contributed by atoms with Crippen LogP contribution in [0.25, 0.3) is 0 Å². The van der Waals surface area contributed by atoms with Crippen molar-refractivity contribution in [1.29, 1.82) is 0 Å². The van der Waals surface area contributed by atoms with Crippen molar-refractivity contribution in [3.63, 3.8) is 0 Å². The smallest absolute Gasteiger partial charge is 0.116 e. The summed E-state index contributed by atoms with van der Waals surface area (Å²) in [5, 5.41) is 17.9. The summed E-state index contributed by atoms with van der Waals surface area (Å²) in [5.41, 5.74) is 3.57. The molecule has 0 fully saturated rings. The molecule has 1 aliphatic carbocycles. The first-order chi connectivity index (χ1) is 6.20. The van der Waals surface area contributed by atoms with Gasteiger partial charge in [0.15, 0.2) is 0 Å². The number of rotatable bonds is 1. The predicted octanol–water partition coefficient (Wildman–Crippen LogP) is 1.46. The summed E-state index contributed by atoms with van der Waals surface area (Å²) in [6.45, 7) is 1.89. The van der Waals surface area contributed by atoms with Crippen molar-refractivity contribution in [2.45, 2.75) is 26.2 Å². The van der Waals surface area contributed by atoms with Crippen LogP contribution in [-0.4, -0.2) is 15.4 Å². The fourth-order valence-electron chi connectivity index (χ4n) is 1.87. The van der Waals surface area contributed by atoms with Crippen LogP contribution in [0.5, 0.6) is 0 Å². The molecule has 2 rings (SSSR count). The van der Waals surface area contributed by atoms with Crippen LogP contribution in [0.3, 0.4) is 0 Å². The van der Waals surface area contributed by atoms with Crippen LogP contribution < -0.4 is 5.23 Å². The molecule has 0 radical (unpaired) electrons. The molecule has 13 heavy (non-hydrogen) atoms. The van der Waals surface area contributed by atoms with E-state index in [4.69, 9.17) is 10.4 Å². The Morgan fingerprint density at radius 1 is 1.38 bits per heavy atom. The van der Waals surface area contributed by atoms with Gasteiger partial charge < -0.3 is 0 Å². The molecule has 0 saturated heterocycles. The van der Waals surface area contributed by atoms with Crippen LogP contribution in [0.2, 0.25) is 0 Å². The fraction of sp³-hybridized carbons (Fsp3) is 0.444. The second kappa shape index (κ2) is 2.97. The van der Waals surface area contributed by atoms with E-state index in [-0.39, 0.29) is 5.23 Å². The molecule has 0 aromatic carbocycles. The van der Waals surface area contributed by atoms with Gasteiger partial charge in [0.05, 0.1) is 6.20 Å². The fourth-order valence-corrected chi connectivity index (χ4v) is 1.87. The predicted molar refractivity (Wildman–Crippen MR) is 47.1 cm³/mol. The van der Waals surface area contributed by atoms with Gasteiger partial charge in [-0.15, -0.1) is 5.23 Å². The van der Waals surface area contributed by atoms with Crippen molar-refractivity contribution >= 4 is 5.69 Å². The van der Waals surface area contributed by atoms with E-state index < -0.39 is 0 Å². The minimum atomic E-state index is 0.140. The minimum Gasteiger partial charge on any atom is -0.264 e. The molecule has 1 aromatic rings. The van der Waals surface area contributed by atoms with Crippen LogP contribution in [0.4, 0.5) is 5.69 Å². The van der Waals surface area contributed by atoms with E-state index in [0.29, 0.717) is 5.69 Å². The molecule has 0 spiro atoms. The monoisotopic (exact) mass is 180 g/mol. The van der Waals surface area contributed by atoms with Crippen molar-refractivity contribution in [3.05, 3.63) is 23.0 Å². The van der Waals surface area contributed by atoms with E-state index in [1.54, 1.807) is 0 Å². The standard InChI is InChI=1S/C9H12N2O2/c1-6-7-3-2-4-8(7)10-5-9(6)11(12)13/h5,12-13H,2-4H2,1H3. The summed E-state index contributed by atoms with van der Waals surface area (Å²) in [6, 6.07) is 0. The Labute approximate surface area is 76.4 Å². The molecule has 2 N–H and O–H groups in total. The first-order valence-corrected chi connectivity index (χ1v) is 4.35. The van der Waals surface area contributed by atoms with Crippen molar-refractivity contribution in [1.82, 2.24) is 4.98 Å². The number of hydrogen-bond donors (Lipinski definition) is 2. The van der Waals surface area contributed by atoms with Crippen LogP contribution in [0, 0.1) is 6.92 Å². The van der Waals surface area contributed by atoms with Gasteiger partial charge in [-0.25, -0.2) is 0 Å². The van der Waals surface area contributed by atoms with Gasteiger partial charge in [0.2, 0.25) is 0 Å². The number of pyridine rings is 1. The highest BCUT2D eigenvalue weighted by Crippen LogP contribution is 2.28. The Balaban J connectivity index is 2.52. The lowest BCUT2D eigenvalue weighted by molar-refractivity contribution is 0.0286. The Morgan fingerprint density at radius 2 is 2.15 bits per heavy atom. The van der Waals surface area contributed by atoms with Gasteiger partial charge in [-0.05, 0) is 37.3 Å². The third-order valence-corrected chi connectivity index (χ3v) is 2.58. The van der Waals surface area contributed by atoms with Crippen molar-refractivity contribution in [2.24, 2.45) is 0 Å². The Bertz CT molecular complexity index is 337. The summed E-state index contributed by atoms with van der Waals surface area (Å²) < 4.78 is 0. The molecule has 0 unspecified atom stereocenters. The number of fused-ring (bicyclic) bond motifs is 1. The summed E-state index contributed by atoms with van der Waals surface area (Å²) >= 11 is 0. The third-order valence-electron chi connectivity index (χ3n) is 2.58. The topological polar surface area (TPSA) is 56.6 Å². The highest BCUT2D eigenvalue weighted by Gasteiger charge is 2.18. The lowest BCUT2D eigenvalue weighted by Gasteiger charge is -2.13. The van der Waals surface area contributed by atoms with Gasteiger partial charge in [-0.1, -0.05) is 0 Å². The van der Waals surface area contributed by atoms with Gasteiger partial charge in [0.1, 0.15) is 5.69 Å². The molecule has 1 aromatic heterocycles. The van der Waals surface area contributed by atoms with Crippen molar-refractivity contribution in [2.75, 3.05) is 5.23 Å². The number of hydrogen-bond acceptors (Lipinski definition) is 4. The first kappa shape index (κ1) is 8.47. The quantitative estimate of drug-likeness (QED) is 0.642. The average Bonchev–Trinajstić information content (AvgIpc) is 2.52. The Morgan fingerprint density at radius 3 is 2.85 bits per heavy atom. The van der Waals surface area contributed by atoms with E-state index >= 15 is 0 Å². The molecular formula is C9H12N2O2. The molecule has 0 saturated carbocycles. The maximum absolute atomic E-state index is 8.88. The molecule has 4 heteroatoms. The first-order valence-electron chi connectivity index (χ1n) is 4.35. The van der Waals surface area contributed by atoms with Crippen molar-refractivity contribution < 1.29 is 10.4 Å². The molecule has 0 bridgehead atoms. The normalized spacial score (nSPS) is 14.4. The largest absolute Gasteiger partial charge is 0.264 e. The molecule has 4 nitrogen and oxygen atoms in total. The molecule has 0 atom stereocenters. The molecule has 0 amide bonds. The number of nitrogens with zero attached hydrogens (tertiary/aromatic N) is 2. The summed E-state index contributed by atoms with van der Waals surface area (Å²) in [6.07, 6.45) is 4.62. The lowest BCUT2D eigenvalue weighted by atomic mass is 10.1. The van der Waals surface area contributed by atoms with E-state index in [1.807, 2.05) is 6.92 Å². The Hall–Kier alpha value is -1.13. The van der Waals surface area contributed by atoms with E-state index in [1.165, 1.54) is 11.8 Å². The van der Waals surface area contributed by atoms with Crippen molar-refractivity contribution in [3.8, 4) is 0 Å². The SMILES string of the molecule is Cc1c(N(O)O)cnc2c1CCC2. The summed E-state index contributed by atoms with van der Waals surface area (Å²) in [4.78, 5) is 4.18. The maximum Gasteiger partial charge on any atom is 0.116 e. The summed E-state index contributed by atoms with van der Waals surface area (Å²) in [5.74, 6) is 0. The highest BCUT2D eigenvalue weighted by molar-refractivity contribution is 5.53. The number of aromatic nitrogens is 1. The molecule has 0 aliphatic heterocycles. The zero-order chi connectivity index (χ0) is 9.42. The van der Waals surface area contributed by atoms with Crippen LogP contribution in [-0.2, 0) is 12.8 Å². The van der Waals surface area contributed by atoms with E-state index in [2.05, 4.69) is 4.98 Å². The van der Waals surface area contributed by atoms with Gasteiger partial charge >= 0.3 is 0 Å². The number of anilines is 1. The van der Waals surface area contributed by atoms with E-state index in [0.717, 1.165) is 30.5 Å². The van der Waals surface area contributed by atoms with Crippen LogP contribution in [0.15, 0.2) is 6.20 Å². The van der Waals surface area contributed by atoms with Gasteiger partial charge in [0, 0.05) is 5.69 Å². The second-order valence-corrected chi connectivity index (χ2v) is 3.34. The van der Waals surface area contributed by atoms with Crippen LogP contribution in [0.1, 0.15) is 23.2 Å². The zero-order valence-electron chi connectivity index (χ0n) is 7.49. The highest BCUT2D eigenvalue weighted by atomic mass is 16.8. The zero-order valence-corrected chi connectivity index (χ0v) is 7.49. The molecular weight excluding hydrogens is 168 g/mol. The number of aryl methyl sites for hydroxylation is 1. The lowest BCUT2D eigenvalue weighted by Crippen LogP contribution is -2.14. The summed E-state index contributed by atoms with van der Waals surface area (Å²) in [7, 11) is 0. The van der Waals surface area contributed by atoms with Gasteiger partial charge in [0.25, 0.3) is 0 Å². The average molecular weight is 180 g/mol.